The zero-order chi connectivity index (χ0) is 12.4. The van der Waals surface area contributed by atoms with Gasteiger partial charge in [0.15, 0.2) is 0 Å². The molecular weight excluding hydrogens is 194 g/mol. The second kappa shape index (κ2) is 8.09. The lowest BCUT2D eigenvalue weighted by Crippen LogP contribution is -2.17. The van der Waals surface area contributed by atoms with Crippen LogP contribution in [0.1, 0.15) is 46.5 Å². The Balaban J connectivity index is 4.84. The van der Waals surface area contributed by atoms with Gasteiger partial charge in [0.05, 0.1) is 0 Å². The van der Waals surface area contributed by atoms with Gasteiger partial charge in [-0.15, -0.1) is 0 Å². The van der Waals surface area contributed by atoms with Gasteiger partial charge in [-0.2, -0.15) is 0 Å². The number of rotatable bonds is 8. The molecule has 1 unspecified atom stereocenters. The van der Waals surface area contributed by atoms with Crippen molar-refractivity contribution in [2.75, 3.05) is 0 Å². The summed E-state index contributed by atoms with van der Waals surface area (Å²) in [6.45, 7) is 14.2. The third-order valence-electron chi connectivity index (χ3n) is 3.22. The second-order valence-electron chi connectivity index (χ2n) is 4.32. The van der Waals surface area contributed by atoms with Gasteiger partial charge in [-0.3, -0.25) is 4.99 Å². The molecule has 0 aromatic rings. The molecule has 0 aliphatic heterocycles. The lowest BCUT2D eigenvalue weighted by Gasteiger charge is -2.29. The molecule has 0 rings (SSSR count). The van der Waals surface area contributed by atoms with Crippen LogP contribution in [-0.2, 0) is 0 Å². The smallest absolute Gasteiger partial charge is 0.0270 e. The molecule has 16 heavy (non-hydrogen) atoms. The topological polar surface area (TPSA) is 12.4 Å². The molecule has 0 radical (unpaired) electrons. The maximum atomic E-state index is 4.00. The summed E-state index contributed by atoms with van der Waals surface area (Å²) in [6, 6.07) is 0. The predicted octanol–water partition coefficient (Wildman–Crippen LogP) is 4.92. The van der Waals surface area contributed by atoms with E-state index in [2.05, 4.69) is 38.9 Å². The van der Waals surface area contributed by atoms with Gasteiger partial charge in [0.1, 0.15) is 0 Å². The van der Waals surface area contributed by atoms with Crippen molar-refractivity contribution < 1.29 is 0 Å². The zero-order valence-electron chi connectivity index (χ0n) is 11.0. The highest BCUT2D eigenvalue weighted by Crippen LogP contribution is 2.36. The van der Waals surface area contributed by atoms with E-state index in [1.54, 1.807) is 12.4 Å². The van der Waals surface area contributed by atoms with Crippen molar-refractivity contribution in [2.45, 2.75) is 46.5 Å². The summed E-state index contributed by atoms with van der Waals surface area (Å²) < 4.78 is 0. The van der Waals surface area contributed by atoms with E-state index in [9.17, 15) is 0 Å². The van der Waals surface area contributed by atoms with Crippen molar-refractivity contribution in [1.29, 1.82) is 0 Å². The van der Waals surface area contributed by atoms with Gasteiger partial charge in [-0.1, -0.05) is 52.8 Å². The highest BCUT2D eigenvalue weighted by molar-refractivity contribution is 5.73. The van der Waals surface area contributed by atoms with Crippen molar-refractivity contribution in [3.05, 3.63) is 37.1 Å². The summed E-state index contributed by atoms with van der Waals surface area (Å²) in [4.78, 5) is 4.00. The Labute approximate surface area is 101 Å². The van der Waals surface area contributed by atoms with Crippen LogP contribution in [-0.4, -0.2) is 6.21 Å². The highest BCUT2D eigenvalue weighted by Gasteiger charge is 2.23. The summed E-state index contributed by atoms with van der Waals surface area (Å²) in [5.74, 6) is 0. The summed E-state index contributed by atoms with van der Waals surface area (Å²) in [7, 11) is 0. The normalized spacial score (nSPS) is 16.1. The van der Waals surface area contributed by atoms with Crippen LogP contribution in [0.4, 0.5) is 0 Å². The van der Waals surface area contributed by atoms with Gasteiger partial charge in [0.25, 0.3) is 0 Å². The fraction of sp³-hybridized carbons (Fsp3) is 0.533. The number of hydrogen-bond donors (Lipinski definition) is 0. The van der Waals surface area contributed by atoms with E-state index in [0.29, 0.717) is 0 Å². The number of unbranched alkanes of at least 4 members (excludes halogenated alkanes) is 1. The molecule has 1 heteroatoms. The Morgan fingerprint density at radius 2 is 2.00 bits per heavy atom. The predicted molar refractivity (Wildman–Crippen MR) is 74.9 cm³/mol. The molecule has 0 saturated heterocycles. The quantitative estimate of drug-likeness (QED) is 0.406. The second-order valence-corrected chi connectivity index (χ2v) is 4.32. The van der Waals surface area contributed by atoms with E-state index < -0.39 is 0 Å². The highest BCUT2D eigenvalue weighted by atomic mass is 14.6. The minimum atomic E-state index is 0.227. The van der Waals surface area contributed by atoms with Crippen LogP contribution in [0.5, 0.6) is 0 Å². The van der Waals surface area contributed by atoms with Crippen LogP contribution in [0.3, 0.4) is 0 Å². The minimum Gasteiger partial charge on any atom is -0.265 e. The van der Waals surface area contributed by atoms with Gasteiger partial charge in [-0.05, 0) is 29.9 Å². The zero-order valence-corrected chi connectivity index (χ0v) is 11.0. The number of aliphatic imine (C=N–C) groups is 1. The molecule has 0 amide bonds. The third kappa shape index (κ3) is 4.61. The molecule has 0 aliphatic carbocycles. The first-order chi connectivity index (χ1) is 7.64. The lowest BCUT2D eigenvalue weighted by molar-refractivity contribution is 0.347. The first-order valence-corrected chi connectivity index (χ1v) is 6.11. The Bertz CT molecular complexity index is 273. The van der Waals surface area contributed by atoms with E-state index in [-0.39, 0.29) is 5.41 Å². The Kier molecular flexibility index (Phi) is 7.53. The van der Waals surface area contributed by atoms with E-state index in [1.807, 2.05) is 12.2 Å². The molecule has 0 aromatic carbocycles. The third-order valence-corrected chi connectivity index (χ3v) is 3.22. The summed E-state index contributed by atoms with van der Waals surface area (Å²) in [5.41, 5.74) is 1.50. The van der Waals surface area contributed by atoms with Crippen LogP contribution in [0.15, 0.2) is 42.1 Å². The van der Waals surface area contributed by atoms with Crippen LogP contribution in [0, 0.1) is 5.41 Å². The number of hydrogen-bond acceptors (Lipinski definition) is 1. The van der Waals surface area contributed by atoms with Gasteiger partial charge in [0, 0.05) is 12.4 Å². The molecule has 90 valence electrons. The fourth-order valence-corrected chi connectivity index (χ4v) is 1.79. The molecule has 0 aromatic heterocycles. The summed E-state index contributed by atoms with van der Waals surface area (Å²) >= 11 is 0. The van der Waals surface area contributed by atoms with Gasteiger partial charge >= 0.3 is 0 Å². The van der Waals surface area contributed by atoms with E-state index in [4.69, 9.17) is 0 Å². The molecule has 0 aliphatic rings. The fourth-order valence-electron chi connectivity index (χ4n) is 1.79. The molecule has 0 heterocycles. The molecule has 0 saturated carbocycles. The van der Waals surface area contributed by atoms with Gasteiger partial charge in [0.2, 0.25) is 0 Å². The Morgan fingerprint density at radius 3 is 2.44 bits per heavy atom. The van der Waals surface area contributed by atoms with Crippen LogP contribution >= 0.6 is 0 Å². The molecule has 0 bridgehead atoms. The minimum absolute atomic E-state index is 0.227. The molecule has 1 nitrogen and oxygen atoms in total. The van der Waals surface area contributed by atoms with Crippen molar-refractivity contribution >= 4 is 6.21 Å². The SMILES string of the molecule is C=CN=C/C=C(\C=C)C(C)(CC)CCCC. The first kappa shape index (κ1) is 14.9. The molecule has 0 fully saturated rings. The van der Waals surface area contributed by atoms with Crippen molar-refractivity contribution in [1.82, 2.24) is 0 Å². The standard InChI is InChI=1S/C15H25N/c1-6-10-12-15(5,8-3)14(7-2)11-13-16-9-4/h7,9,11,13H,2,4,6,8,10,12H2,1,3,5H3/b14-11+,16-13?. The van der Waals surface area contributed by atoms with Crippen LogP contribution in [0.2, 0.25) is 0 Å². The average Bonchev–Trinajstić information content (AvgIpc) is 2.31. The summed E-state index contributed by atoms with van der Waals surface area (Å²) in [6.07, 6.45) is 12.2. The Hall–Kier alpha value is -1.11. The number of allylic oxidation sites excluding steroid dienone is 3. The molecule has 0 spiro atoms. The molecular formula is C15H25N. The van der Waals surface area contributed by atoms with Crippen molar-refractivity contribution in [3.8, 4) is 0 Å². The van der Waals surface area contributed by atoms with E-state index in [1.165, 1.54) is 24.8 Å². The van der Waals surface area contributed by atoms with Gasteiger partial charge < -0.3 is 0 Å². The monoisotopic (exact) mass is 219 g/mol. The largest absolute Gasteiger partial charge is 0.265 e. The van der Waals surface area contributed by atoms with E-state index >= 15 is 0 Å². The number of nitrogens with zero attached hydrogens (tertiary/aromatic N) is 1. The Morgan fingerprint density at radius 1 is 1.31 bits per heavy atom. The van der Waals surface area contributed by atoms with Gasteiger partial charge in [-0.25, -0.2) is 0 Å². The maximum absolute atomic E-state index is 4.00. The van der Waals surface area contributed by atoms with Crippen LogP contribution < -0.4 is 0 Å². The molecule has 1 atom stereocenters. The average molecular weight is 219 g/mol. The van der Waals surface area contributed by atoms with E-state index in [0.717, 1.165) is 6.42 Å². The first-order valence-electron chi connectivity index (χ1n) is 6.11. The maximum Gasteiger partial charge on any atom is 0.0270 e. The van der Waals surface area contributed by atoms with Crippen molar-refractivity contribution in [3.63, 3.8) is 0 Å². The van der Waals surface area contributed by atoms with Crippen LogP contribution in [0.25, 0.3) is 0 Å². The summed E-state index contributed by atoms with van der Waals surface area (Å²) in [5, 5.41) is 0. The lowest BCUT2D eigenvalue weighted by atomic mass is 9.75. The molecule has 0 N–H and O–H groups in total. The van der Waals surface area contributed by atoms with Crippen molar-refractivity contribution in [2.24, 2.45) is 10.4 Å².